The summed E-state index contributed by atoms with van der Waals surface area (Å²) in [5.41, 5.74) is 7.72. The number of imidazole rings is 2. The minimum absolute atomic E-state index is 0.00213. The van der Waals surface area contributed by atoms with Crippen LogP contribution in [0.4, 0.5) is 32.0 Å². The Morgan fingerprint density at radius 1 is 0.429 bits per heavy atom. The Morgan fingerprint density at radius 3 is 1.29 bits per heavy atom. The minimum Gasteiger partial charge on any atom is -0.480 e. The zero-order valence-electron chi connectivity index (χ0n) is 70.0. The van der Waals surface area contributed by atoms with E-state index in [-0.39, 0.29) is 106 Å². The molecule has 0 aliphatic carbocycles. The average Bonchev–Trinajstić information content (AvgIpc) is 1.64. The molecule has 660 valence electrons. The van der Waals surface area contributed by atoms with E-state index in [1.54, 1.807) is 48.5 Å². The SMILES string of the molecule is CCC(CCC(CCC(C)Cc1ccc(CNCCN(CC(=O)O)C(=O)Cn2cnc3c(NC(=O)OCc4ccccc4)ncnc32)cc1)Cc1ccc(CNCCN(CC(=O)O)C(=O)Cn2ccc(NC(=O)OCc3ccccc3)nc2=O)cc1)Cc1ccc(CNCCN(CC(=O)O)C(=O)Cn2cnc3c(=O)[nH]c(NC(=O)OCc4ccccc4)nc32)cc1. The number of fused-ring (bicyclic) bond motifs is 2. The fraction of sp³-hybridized carbons (Fsp3) is 0.344. The van der Waals surface area contributed by atoms with Crippen molar-refractivity contribution in [1.29, 1.82) is 0 Å². The highest BCUT2D eigenvalue weighted by molar-refractivity contribution is 5.94. The molecule has 126 heavy (non-hydrogen) atoms. The second kappa shape index (κ2) is 47.3. The number of aromatic nitrogens is 10. The van der Waals surface area contributed by atoms with Crippen molar-refractivity contribution in [3.8, 4) is 0 Å². The Balaban J connectivity index is 0.659. The summed E-state index contributed by atoms with van der Waals surface area (Å²) in [4.78, 5) is 171. The molecule has 6 aromatic carbocycles. The quantitative estimate of drug-likeness (QED) is 0.0125. The van der Waals surface area contributed by atoms with Gasteiger partial charge in [0, 0.05) is 65.1 Å². The number of nitrogens with zero attached hydrogens (tertiary/aromatic N) is 12. The molecular weight excluding hydrogens is 1620 g/mol. The van der Waals surface area contributed by atoms with E-state index in [1.165, 1.54) is 66.9 Å². The minimum atomic E-state index is -1.22. The highest BCUT2D eigenvalue weighted by atomic mass is 16.6. The van der Waals surface area contributed by atoms with Crippen LogP contribution in [0.2, 0.25) is 0 Å². The number of nitrogens with one attached hydrogen (secondary N) is 7. The third-order valence-corrected chi connectivity index (χ3v) is 21.0. The molecule has 36 heteroatoms. The zero-order chi connectivity index (χ0) is 89.1. The summed E-state index contributed by atoms with van der Waals surface area (Å²) in [6, 6.07) is 53.7. The maximum absolute atomic E-state index is 13.7. The van der Waals surface area contributed by atoms with Crippen LogP contribution < -0.4 is 43.1 Å². The number of amides is 6. The standard InChI is InChI=1S/C90H103N19O17/c1-3-62(44-65-25-31-68(32-26-65)47-93-38-42-106(54-79(117)118)76(112)51-109-60-97-81-84(109)101-86(102-85(81)119)103-90(123)126-57-72-17-11-6-12-18-72)21-22-64(45-66-27-33-69(34-28-66)48-91-36-40-104(52-77(113)114)74(110)49-107-39-35-73(98-87(107)120)99-88(121)124-55-70-13-7-4-8-14-70)20-19-61(2)43-63-23-29-67(30-24-63)46-92-37-41-105(53-78(115)116)75(111)50-108-59-96-80-82(94-58-95-83(80)108)100-89(122)125-56-71-15-9-5-10-16-71/h4-18,23-35,39,58-62,64,91-93H,3,19-22,36-38,40-57H2,1-2H3,(H,113,114)(H,115,116)(H,117,118)(H,94,95,100,122)(H,98,99,120,121)(H2,101,102,103,119,123). The summed E-state index contributed by atoms with van der Waals surface area (Å²) in [5.74, 6) is -4.42. The molecule has 0 spiro atoms. The maximum Gasteiger partial charge on any atom is 0.414 e. The topological polar surface area (TPSA) is 466 Å². The van der Waals surface area contributed by atoms with E-state index in [9.17, 15) is 68.1 Å². The lowest BCUT2D eigenvalue weighted by Crippen LogP contribution is -2.43. The molecule has 0 saturated carbocycles. The third kappa shape index (κ3) is 29.7. The van der Waals surface area contributed by atoms with Gasteiger partial charge < -0.3 is 69.3 Å². The highest BCUT2D eigenvalue weighted by Crippen LogP contribution is 2.29. The van der Waals surface area contributed by atoms with E-state index in [0.29, 0.717) is 43.9 Å². The van der Waals surface area contributed by atoms with Gasteiger partial charge in [0.15, 0.2) is 28.1 Å². The number of hydrogen-bond acceptors (Lipinski definition) is 23. The lowest BCUT2D eigenvalue weighted by atomic mass is 9.83. The molecule has 0 saturated heterocycles. The number of rotatable bonds is 49. The number of carbonyl (C=O) groups excluding carboxylic acids is 6. The molecule has 36 nitrogen and oxygen atoms in total. The van der Waals surface area contributed by atoms with Crippen LogP contribution in [0.15, 0.2) is 205 Å². The van der Waals surface area contributed by atoms with Gasteiger partial charge in [0.1, 0.15) is 71.2 Å². The number of carboxylic acids is 3. The number of aromatic amines is 1. The summed E-state index contributed by atoms with van der Waals surface area (Å²) in [5, 5.41) is 46.8. The largest absolute Gasteiger partial charge is 0.480 e. The van der Waals surface area contributed by atoms with Crippen LogP contribution in [0.3, 0.4) is 0 Å². The van der Waals surface area contributed by atoms with Crippen LogP contribution in [0, 0.1) is 17.8 Å². The molecule has 6 amide bonds. The fourth-order valence-corrected chi connectivity index (χ4v) is 14.2. The number of carbonyl (C=O) groups is 9. The first kappa shape index (κ1) is 92.3. The lowest BCUT2D eigenvalue weighted by molar-refractivity contribution is -0.144. The van der Waals surface area contributed by atoms with Gasteiger partial charge in [-0.15, -0.1) is 0 Å². The first-order valence-corrected chi connectivity index (χ1v) is 41.5. The first-order valence-electron chi connectivity index (χ1n) is 41.5. The van der Waals surface area contributed by atoms with Gasteiger partial charge >= 0.3 is 41.9 Å². The molecule has 11 rings (SSSR count). The van der Waals surface area contributed by atoms with Gasteiger partial charge in [-0.1, -0.05) is 190 Å². The number of H-pyrrole nitrogens is 1. The number of aliphatic carboxylic acids is 3. The molecule has 5 heterocycles. The van der Waals surface area contributed by atoms with E-state index in [4.69, 9.17) is 14.2 Å². The summed E-state index contributed by atoms with van der Waals surface area (Å²) < 4.78 is 19.6. The molecule has 0 fully saturated rings. The predicted molar refractivity (Wildman–Crippen MR) is 466 cm³/mol. The van der Waals surface area contributed by atoms with Gasteiger partial charge in [0.2, 0.25) is 23.7 Å². The van der Waals surface area contributed by atoms with Gasteiger partial charge in [0.05, 0.1) is 12.7 Å². The average molecular weight is 1720 g/mol. The van der Waals surface area contributed by atoms with Gasteiger partial charge in [-0.3, -0.25) is 59.1 Å². The summed E-state index contributed by atoms with van der Waals surface area (Å²) in [6.45, 7) is 4.02. The van der Waals surface area contributed by atoms with Crippen molar-refractivity contribution in [3.05, 3.63) is 266 Å². The van der Waals surface area contributed by atoms with Crippen LogP contribution >= 0.6 is 0 Å². The molecule has 0 aliphatic heterocycles. The van der Waals surface area contributed by atoms with Crippen molar-refractivity contribution in [3.63, 3.8) is 0 Å². The molecule has 0 bridgehead atoms. The number of anilines is 3. The van der Waals surface area contributed by atoms with Crippen LogP contribution in [-0.2, 0) is 121 Å². The summed E-state index contributed by atoms with van der Waals surface area (Å²) in [7, 11) is 0. The third-order valence-electron chi connectivity index (χ3n) is 21.0. The van der Waals surface area contributed by atoms with Crippen LogP contribution in [0.25, 0.3) is 22.3 Å². The summed E-state index contributed by atoms with van der Waals surface area (Å²) in [6.07, 6.45) is 10.1. The van der Waals surface area contributed by atoms with E-state index in [1.807, 2.05) is 42.5 Å². The Morgan fingerprint density at radius 2 is 0.833 bits per heavy atom. The molecule has 11 aromatic rings. The van der Waals surface area contributed by atoms with E-state index >= 15 is 0 Å². The molecule has 5 aromatic heterocycles. The molecule has 3 unspecified atom stereocenters. The van der Waals surface area contributed by atoms with Gasteiger partial charge in [-0.25, -0.2) is 39.1 Å². The Bertz CT molecular complexity index is 5590. The van der Waals surface area contributed by atoms with Crippen molar-refractivity contribution in [2.24, 2.45) is 17.8 Å². The van der Waals surface area contributed by atoms with Crippen LogP contribution in [0.1, 0.15) is 96.0 Å². The van der Waals surface area contributed by atoms with Gasteiger partial charge in [-0.2, -0.15) is 9.97 Å². The van der Waals surface area contributed by atoms with Crippen molar-refractivity contribution in [2.45, 2.75) is 124 Å². The Labute approximate surface area is 725 Å². The van der Waals surface area contributed by atoms with Crippen LogP contribution in [-0.4, -0.2) is 191 Å². The highest BCUT2D eigenvalue weighted by Gasteiger charge is 2.25. The second-order valence-electron chi connectivity index (χ2n) is 30.6. The van der Waals surface area contributed by atoms with E-state index in [0.717, 1.165) is 94.2 Å². The number of benzene rings is 6. The predicted octanol–water partition coefficient (Wildman–Crippen LogP) is 9.04. The summed E-state index contributed by atoms with van der Waals surface area (Å²) >= 11 is 0. The molecular formula is C90H103N19O17. The molecule has 0 aliphatic rings. The smallest absolute Gasteiger partial charge is 0.414 e. The van der Waals surface area contributed by atoms with Crippen molar-refractivity contribution >= 4 is 93.8 Å². The molecule has 3 atom stereocenters. The zero-order valence-corrected chi connectivity index (χ0v) is 70.0. The van der Waals surface area contributed by atoms with Crippen molar-refractivity contribution in [1.82, 2.24) is 79.2 Å². The molecule has 0 radical (unpaired) electrons. The Kier molecular flexibility index (Phi) is 34.7. The van der Waals surface area contributed by atoms with Crippen molar-refractivity contribution < 1.29 is 72.7 Å². The van der Waals surface area contributed by atoms with E-state index < -0.39 is 91.3 Å². The molecule has 10 N–H and O–H groups in total. The monoisotopic (exact) mass is 1720 g/mol. The maximum atomic E-state index is 13.7. The second-order valence-corrected chi connectivity index (χ2v) is 30.6. The van der Waals surface area contributed by atoms with Crippen molar-refractivity contribution in [2.75, 3.05) is 74.9 Å². The van der Waals surface area contributed by atoms with Crippen LogP contribution in [0.5, 0.6) is 0 Å². The Hall–Kier alpha value is -14.4. The van der Waals surface area contributed by atoms with Gasteiger partial charge in [0.25, 0.3) is 5.56 Å². The number of ether oxygens (including phenoxy) is 3. The number of hydrogen-bond donors (Lipinski definition) is 10. The fourth-order valence-electron chi connectivity index (χ4n) is 14.2. The van der Waals surface area contributed by atoms with Gasteiger partial charge in [-0.05, 0) is 112 Å². The first-order chi connectivity index (χ1) is 61.0. The van der Waals surface area contributed by atoms with E-state index in [2.05, 4.69) is 153 Å². The number of carboxylic acid groups (broad SMARTS) is 3. The normalized spacial score (nSPS) is 11.9. The lowest BCUT2D eigenvalue weighted by Gasteiger charge is -2.23.